The van der Waals surface area contributed by atoms with E-state index >= 15 is 0 Å². The number of benzene rings is 5. The van der Waals surface area contributed by atoms with E-state index in [0.29, 0.717) is 55.6 Å². The predicted molar refractivity (Wildman–Crippen MR) is 181 cm³/mol. The fourth-order valence-electron chi connectivity index (χ4n) is 5.42. The summed E-state index contributed by atoms with van der Waals surface area (Å²) < 4.78 is 22.8. The summed E-state index contributed by atoms with van der Waals surface area (Å²) in [5, 5.41) is 2.96. The minimum atomic E-state index is -0.338. The highest BCUT2D eigenvalue weighted by Gasteiger charge is 2.19. The van der Waals surface area contributed by atoms with Gasteiger partial charge in [-0.3, -0.25) is 14.5 Å². The molecular weight excluding hydrogens is 592 g/mol. The van der Waals surface area contributed by atoms with Crippen LogP contribution in [0.3, 0.4) is 0 Å². The Balaban J connectivity index is 1.24. The van der Waals surface area contributed by atoms with Crippen molar-refractivity contribution in [2.45, 2.75) is 20.1 Å². The Morgan fingerprint density at radius 2 is 1.55 bits per heavy atom. The molecule has 1 amide bonds. The second-order valence-corrected chi connectivity index (χ2v) is 11.3. The van der Waals surface area contributed by atoms with Crippen molar-refractivity contribution in [2.24, 2.45) is 0 Å². The monoisotopic (exact) mass is 628 g/mol. The van der Waals surface area contributed by atoms with Crippen LogP contribution < -0.4 is 19.5 Å². The molecule has 0 bridgehead atoms. The number of ether oxygens (including phenoxy) is 4. The Bertz CT molecular complexity index is 1800. The van der Waals surface area contributed by atoms with Crippen LogP contribution in [0, 0.1) is 6.92 Å². The van der Waals surface area contributed by atoms with Crippen LogP contribution in [0.15, 0.2) is 115 Å². The van der Waals surface area contributed by atoms with E-state index in [9.17, 15) is 9.59 Å². The first-order valence-electron chi connectivity index (χ1n) is 15.5. The molecule has 0 radical (unpaired) electrons. The number of nitrogens with zero attached hydrogens (tertiary/aromatic N) is 1. The standard InChI is InChI=1S/C39H36N2O6/c1-28-6-5-9-35(22-28)45-26-29-10-12-30(13-11-29)36-24-38(46-27-42)37(23-32(36)25-41-18-20-44-21-19-41)40-39(43)31-14-16-34(17-15-31)47-33-7-3-2-4-8-33/h2-17,22-24,27H,18-21,25-26H2,1H3,(H,40,43). The highest BCUT2D eigenvalue weighted by molar-refractivity contribution is 6.05. The van der Waals surface area contributed by atoms with Crippen LogP contribution in [0.2, 0.25) is 0 Å². The van der Waals surface area contributed by atoms with Gasteiger partial charge in [-0.1, -0.05) is 54.6 Å². The first kappa shape index (κ1) is 31.5. The molecule has 1 heterocycles. The van der Waals surface area contributed by atoms with Crippen LogP contribution in [0.5, 0.6) is 23.0 Å². The van der Waals surface area contributed by atoms with Crippen molar-refractivity contribution in [1.29, 1.82) is 0 Å². The molecule has 1 fully saturated rings. The quantitative estimate of drug-likeness (QED) is 0.142. The zero-order valence-corrected chi connectivity index (χ0v) is 26.2. The maximum Gasteiger partial charge on any atom is 0.298 e. The molecule has 8 heteroatoms. The van der Waals surface area contributed by atoms with E-state index < -0.39 is 0 Å². The third kappa shape index (κ3) is 8.43. The summed E-state index contributed by atoms with van der Waals surface area (Å²) in [7, 11) is 0. The lowest BCUT2D eigenvalue weighted by Crippen LogP contribution is -2.35. The van der Waals surface area contributed by atoms with E-state index in [1.165, 1.54) is 0 Å². The predicted octanol–water partition coefficient (Wildman–Crippen LogP) is 7.65. The number of rotatable bonds is 12. The number of amides is 1. The molecule has 1 aliphatic heterocycles. The summed E-state index contributed by atoms with van der Waals surface area (Å²) in [5.41, 5.74) is 5.85. The highest BCUT2D eigenvalue weighted by atomic mass is 16.5. The van der Waals surface area contributed by atoms with E-state index in [1.807, 2.05) is 97.9 Å². The first-order chi connectivity index (χ1) is 23.0. The summed E-state index contributed by atoms with van der Waals surface area (Å²) in [4.78, 5) is 27.3. The molecule has 0 saturated carbocycles. The van der Waals surface area contributed by atoms with Gasteiger partial charge in [-0.05, 0) is 95.4 Å². The molecule has 8 nitrogen and oxygen atoms in total. The van der Waals surface area contributed by atoms with E-state index in [-0.39, 0.29) is 11.7 Å². The number of aryl methyl sites for hydroxylation is 1. The van der Waals surface area contributed by atoms with Crippen molar-refractivity contribution in [3.8, 4) is 34.1 Å². The Morgan fingerprint density at radius 3 is 2.28 bits per heavy atom. The number of hydrogen-bond donors (Lipinski definition) is 1. The Labute approximate surface area is 274 Å². The van der Waals surface area contributed by atoms with Gasteiger partial charge in [-0.25, -0.2) is 0 Å². The summed E-state index contributed by atoms with van der Waals surface area (Å²) in [6.45, 7) is 6.38. The van der Waals surface area contributed by atoms with E-state index in [2.05, 4.69) is 10.2 Å². The third-order valence-electron chi connectivity index (χ3n) is 7.88. The van der Waals surface area contributed by atoms with Gasteiger partial charge < -0.3 is 24.3 Å². The highest BCUT2D eigenvalue weighted by Crippen LogP contribution is 2.36. The number of hydrogen-bond acceptors (Lipinski definition) is 7. The smallest absolute Gasteiger partial charge is 0.298 e. The number of para-hydroxylation sites is 1. The zero-order chi connectivity index (χ0) is 32.4. The van der Waals surface area contributed by atoms with Gasteiger partial charge in [-0.15, -0.1) is 0 Å². The molecule has 5 aromatic rings. The molecule has 47 heavy (non-hydrogen) atoms. The van der Waals surface area contributed by atoms with Gasteiger partial charge in [0.25, 0.3) is 12.4 Å². The summed E-state index contributed by atoms with van der Waals surface area (Å²) in [6, 6.07) is 36.1. The molecule has 1 N–H and O–H groups in total. The Kier molecular flexibility index (Phi) is 10.2. The largest absolute Gasteiger partial charge is 0.489 e. The Morgan fingerprint density at radius 1 is 0.830 bits per heavy atom. The van der Waals surface area contributed by atoms with Gasteiger partial charge >= 0.3 is 0 Å². The molecule has 6 rings (SSSR count). The second kappa shape index (κ2) is 15.2. The van der Waals surface area contributed by atoms with Crippen molar-refractivity contribution < 1.29 is 28.5 Å². The third-order valence-corrected chi connectivity index (χ3v) is 7.88. The fourth-order valence-corrected chi connectivity index (χ4v) is 5.42. The Hall–Kier alpha value is -5.44. The number of carbonyl (C=O) groups is 2. The summed E-state index contributed by atoms with van der Waals surface area (Å²) in [5.74, 6) is 2.06. The lowest BCUT2D eigenvalue weighted by Gasteiger charge is -2.28. The molecule has 0 aliphatic carbocycles. The van der Waals surface area contributed by atoms with Crippen molar-refractivity contribution >= 4 is 18.1 Å². The number of anilines is 1. The molecule has 0 unspecified atom stereocenters. The van der Waals surface area contributed by atoms with E-state index in [4.69, 9.17) is 18.9 Å². The molecule has 238 valence electrons. The SMILES string of the molecule is Cc1cccc(OCc2ccc(-c3cc(OC=O)c(NC(=O)c4ccc(Oc5ccccc5)cc4)cc3CN3CCOCC3)cc2)c1. The van der Waals surface area contributed by atoms with Crippen LogP contribution in [-0.4, -0.2) is 43.6 Å². The van der Waals surface area contributed by atoms with Crippen LogP contribution in [0.1, 0.15) is 27.0 Å². The van der Waals surface area contributed by atoms with Gasteiger partial charge in [0, 0.05) is 25.2 Å². The first-order valence-corrected chi connectivity index (χ1v) is 15.5. The topological polar surface area (TPSA) is 86.3 Å². The van der Waals surface area contributed by atoms with Gasteiger partial charge in [-0.2, -0.15) is 0 Å². The molecule has 1 aliphatic rings. The number of nitrogens with one attached hydrogen (secondary N) is 1. The lowest BCUT2D eigenvalue weighted by molar-refractivity contribution is -0.120. The number of morpholine rings is 1. The minimum Gasteiger partial charge on any atom is -0.489 e. The minimum absolute atomic E-state index is 0.255. The summed E-state index contributed by atoms with van der Waals surface area (Å²) >= 11 is 0. The van der Waals surface area contributed by atoms with Crippen molar-refractivity contribution in [3.05, 3.63) is 138 Å². The average Bonchev–Trinajstić information content (AvgIpc) is 3.10. The van der Waals surface area contributed by atoms with Crippen LogP contribution in [0.4, 0.5) is 5.69 Å². The van der Waals surface area contributed by atoms with Gasteiger partial charge in [0.05, 0.1) is 18.9 Å². The second-order valence-electron chi connectivity index (χ2n) is 11.3. The number of carbonyl (C=O) groups excluding carboxylic acids is 2. The molecule has 0 atom stereocenters. The van der Waals surface area contributed by atoms with Crippen molar-refractivity contribution in [3.63, 3.8) is 0 Å². The lowest BCUT2D eigenvalue weighted by atomic mass is 9.96. The van der Waals surface area contributed by atoms with Gasteiger partial charge in [0.15, 0.2) is 5.75 Å². The van der Waals surface area contributed by atoms with Crippen molar-refractivity contribution in [2.75, 3.05) is 31.6 Å². The summed E-state index contributed by atoms with van der Waals surface area (Å²) in [6.07, 6.45) is 0. The van der Waals surface area contributed by atoms with Gasteiger partial charge in [0.1, 0.15) is 23.9 Å². The van der Waals surface area contributed by atoms with Crippen LogP contribution in [0.25, 0.3) is 11.1 Å². The van der Waals surface area contributed by atoms with E-state index in [0.717, 1.165) is 46.7 Å². The molecular formula is C39H36N2O6. The van der Waals surface area contributed by atoms with Crippen LogP contribution in [-0.2, 0) is 22.7 Å². The zero-order valence-electron chi connectivity index (χ0n) is 26.2. The fraction of sp³-hybridized carbons (Fsp3) is 0.179. The van der Waals surface area contributed by atoms with E-state index in [1.54, 1.807) is 24.3 Å². The van der Waals surface area contributed by atoms with Gasteiger partial charge in [0.2, 0.25) is 0 Å². The normalized spacial score (nSPS) is 13.0. The maximum atomic E-state index is 13.4. The molecule has 0 aromatic heterocycles. The molecule has 1 saturated heterocycles. The van der Waals surface area contributed by atoms with Crippen LogP contribution >= 0.6 is 0 Å². The average molecular weight is 629 g/mol. The molecule has 0 spiro atoms. The molecule has 5 aromatic carbocycles. The maximum absolute atomic E-state index is 13.4. The van der Waals surface area contributed by atoms with Crippen molar-refractivity contribution in [1.82, 2.24) is 4.90 Å².